The molecule has 0 saturated heterocycles. The SMILES string of the molecule is CC(C)(C)OC(=O)N[C@@H](CCO)c1cccs1. The Labute approximate surface area is 106 Å². The summed E-state index contributed by atoms with van der Waals surface area (Å²) in [6.07, 6.45) is 0.0316. The standard InChI is InChI=1S/C12H19NO3S/c1-12(2,3)16-11(15)13-9(6-7-14)10-5-4-8-17-10/h4-5,8-9,14H,6-7H2,1-3H3,(H,13,15)/t9-/m0/s1. The van der Waals surface area contributed by atoms with Crippen molar-refractivity contribution in [3.8, 4) is 0 Å². The average Bonchev–Trinajstić information content (AvgIpc) is 2.66. The van der Waals surface area contributed by atoms with E-state index in [0.29, 0.717) is 6.42 Å². The van der Waals surface area contributed by atoms with Crippen molar-refractivity contribution in [3.05, 3.63) is 22.4 Å². The highest BCUT2D eigenvalue weighted by Gasteiger charge is 2.20. The fourth-order valence-electron chi connectivity index (χ4n) is 1.35. The number of ether oxygens (including phenoxy) is 1. The molecule has 1 atom stereocenters. The summed E-state index contributed by atoms with van der Waals surface area (Å²) < 4.78 is 5.19. The summed E-state index contributed by atoms with van der Waals surface area (Å²) in [6, 6.07) is 3.67. The van der Waals surface area contributed by atoms with E-state index in [4.69, 9.17) is 9.84 Å². The van der Waals surface area contributed by atoms with Crippen molar-refractivity contribution in [1.82, 2.24) is 5.32 Å². The summed E-state index contributed by atoms with van der Waals surface area (Å²) >= 11 is 1.55. The van der Waals surface area contributed by atoms with Gasteiger partial charge in [0.2, 0.25) is 0 Å². The maximum absolute atomic E-state index is 11.6. The number of thiophene rings is 1. The molecule has 5 heteroatoms. The Morgan fingerprint density at radius 3 is 2.76 bits per heavy atom. The second-order valence-electron chi connectivity index (χ2n) is 4.73. The number of carbonyl (C=O) groups excluding carboxylic acids is 1. The van der Waals surface area contributed by atoms with Gasteiger partial charge in [0.05, 0.1) is 6.04 Å². The monoisotopic (exact) mass is 257 g/mol. The first-order valence-corrected chi connectivity index (χ1v) is 6.44. The third kappa shape index (κ3) is 5.19. The Balaban J connectivity index is 2.59. The summed E-state index contributed by atoms with van der Waals surface area (Å²) in [5, 5.41) is 13.7. The molecule has 0 aliphatic rings. The van der Waals surface area contributed by atoms with E-state index in [1.165, 1.54) is 0 Å². The lowest BCUT2D eigenvalue weighted by Crippen LogP contribution is -2.35. The lowest BCUT2D eigenvalue weighted by Gasteiger charge is -2.22. The molecular formula is C12H19NO3S. The molecule has 1 aromatic rings. The number of alkyl carbamates (subject to hydrolysis) is 1. The van der Waals surface area contributed by atoms with Crippen molar-refractivity contribution in [2.45, 2.75) is 38.8 Å². The molecule has 4 nitrogen and oxygen atoms in total. The highest BCUT2D eigenvalue weighted by molar-refractivity contribution is 7.10. The highest BCUT2D eigenvalue weighted by atomic mass is 32.1. The van der Waals surface area contributed by atoms with Gasteiger partial charge in [-0.3, -0.25) is 0 Å². The molecule has 2 N–H and O–H groups in total. The lowest BCUT2D eigenvalue weighted by molar-refractivity contribution is 0.0497. The van der Waals surface area contributed by atoms with Crippen molar-refractivity contribution < 1.29 is 14.6 Å². The van der Waals surface area contributed by atoms with Gasteiger partial charge in [-0.25, -0.2) is 4.79 Å². The predicted octanol–water partition coefficient (Wildman–Crippen LogP) is 2.70. The number of aliphatic hydroxyl groups is 1. The minimum Gasteiger partial charge on any atom is -0.444 e. The minimum atomic E-state index is -0.511. The van der Waals surface area contributed by atoms with Gasteiger partial charge in [-0.15, -0.1) is 11.3 Å². The van der Waals surface area contributed by atoms with Crippen LogP contribution in [0, 0.1) is 0 Å². The van der Waals surface area contributed by atoms with Crippen LogP contribution in [-0.4, -0.2) is 23.4 Å². The highest BCUT2D eigenvalue weighted by Crippen LogP contribution is 2.22. The molecule has 96 valence electrons. The zero-order valence-electron chi connectivity index (χ0n) is 10.4. The third-order valence-corrected chi connectivity index (χ3v) is 2.98. The Morgan fingerprint density at radius 1 is 1.59 bits per heavy atom. The van der Waals surface area contributed by atoms with Crippen LogP contribution in [0.4, 0.5) is 4.79 Å². The summed E-state index contributed by atoms with van der Waals surface area (Å²) in [5.41, 5.74) is -0.511. The van der Waals surface area contributed by atoms with Crippen LogP contribution >= 0.6 is 11.3 Å². The van der Waals surface area contributed by atoms with Gasteiger partial charge >= 0.3 is 6.09 Å². The number of hydrogen-bond donors (Lipinski definition) is 2. The first-order chi connectivity index (χ1) is 7.92. The van der Waals surface area contributed by atoms with Gasteiger partial charge in [-0.05, 0) is 38.6 Å². The van der Waals surface area contributed by atoms with E-state index in [2.05, 4.69) is 5.32 Å². The molecule has 0 aliphatic heterocycles. The zero-order chi connectivity index (χ0) is 12.9. The topological polar surface area (TPSA) is 58.6 Å². The number of hydrogen-bond acceptors (Lipinski definition) is 4. The van der Waals surface area contributed by atoms with Crippen molar-refractivity contribution >= 4 is 17.4 Å². The van der Waals surface area contributed by atoms with Crippen LogP contribution in [0.1, 0.15) is 38.1 Å². The van der Waals surface area contributed by atoms with Gasteiger partial charge in [0, 0.05) is 11.5 Å². The van der Waals surface area contributed by atoms with Crippen LogP contribution in [0.15, 0.2) is 17.5 Å². The number of rotatable bonds is 4. The number of amides is 1. The second-order valence-corrected chi connectivity index (χ2v) is 5.71. The average molecular weight is 257 g/mol. The van der Waals surface area contributed by atoms with Crippen LogP contribution < -0.4 is 5.32 Å². The Kier molecular flexibility index (Phi) is 4.96. The Morgan fingerprint density at radius 2 is 2.29 bits per heavy atom. The van der Waals surface area contributed by atoms with Gasteiger partial charge in [0.15, 0.2) is 0 Å². The third-order valence-electron chi connectivity index (χ3n) is 2.00. The van der Waals surface area contributed by atoms with Gasteiger partial charge in [-0.1, -0.05) is 6.07 Å². The molecule has 0 bridgehead atoms. The van der Waals surface area contributed by atoms with E-state index in [0.717, 1.165) is 4.88 Å². The summed E-state index contributed by atoms with van der Waals surface area (Å²) in [6.45, 7) is 5.48. The molecule has 0 spiro atoms. The van der Waals surface area contributed by atoms with Crippen molar-refractivity contribution in [2.24, 2.45) is 0 Å². The Hall–Kier alpha value is -1.07. The smallest absolute Gasteiger partial charge is 0.408 e. The predicted molar refractivity (Wildman–Crippen MR) is 68.1 cm³/mol. The zero-order valence-corrected chi connectivity index (χ0v) is 11.2. The second kappa shape index (κ2) is 6.02. The van der Waals surface area contributed by atoms with E-state index in [-0.39, 0.29) is 12.6 Å². The molecule has 1 heterocycles. The van der Waals surface area contributed by atoms with Gasteiger partial charge in [-0.2, -0.15) is 0 Å². The van der Waals surface area contributed by atoms with Crippen molar-refractivity contribution in [2.75, 3.05) is 6.61 Å². The number of carbonyl (C=O) groups is 1. The number of nitrogens with one attached hydrogen (secondary N) is 1. The molecule has 0 saturated carbocycles. The fraction of sp³-hybridized carbons (Fsp3) is 0.583. The molecule has 1 aromatic heterocycles. The Bertz CT molecular complexity index is 343. The lowest BCUT2D eigenvalue weighted by atomic mass is 10.2. The largest absolute Gasteiger partial charge is 0.444 e. The van der Waals surface area contributed by atoms with Crippen LogP contribution in [-0.2, 0) is 4.74 Å². The molecule has 0 radical (unpaired) electrons. The minimum absolute atomic E-state index is 0.0262. The van der Waals surface area contributed by atoms with E-state index < -0.39 is 11.7 Å². The molecule has 0 fully saturated rings. The van der Waals surface area contributed by atoms with Gasteiger partial charge < -0.3 is 15.2 Å². The van der Waals surface area contributed by atoms with E-state index in [9.17, 15) is 4.79 Å². The van der Waals surface area contributed by atoms with Crippen molar-refractivity contribution in [3.63, 3.8) is 0 Å². The van der Waals surface area contributed by atoms with Crippen LogP contribution in [0.5, 0.6) is 0 Å². The molecule has 17 heavy (non-hydrogen) atoms. The normalized spacial score (nSPS) is 13.2. The number of aliphatic hydroxyl groups excluding tert-OH is 1. The molecule has 1 amide bonds. The molecule has 0 aliphatic carbocycles. The quantitative estimate of drug-likeness (QED) is 0.872. The van der Waals surface area contributed by atoms with Crippen molar-refractivity contribution in [1.29, 1.82) is 0 Å². The maximum Gasteiger partial charge on any atom is 0.408 e. The molecular weight excluding hydrogens is 238 g/mol. The maximum atomic E-state index is 11.6. The van der Waals surface area contributed by atoms with Crippen LogP contribution in [0.3, 0.4) is 0 Å². The van der Waals surface area contributed by atoms with Crippen LogP contribution in [0.2, 0.25) is 0 Å². The first-order valence-electron chi connectivity index (χ1n) is 5.56. The summed E-state index contributed by atoms with van der Waals surface area (Å²) in [7, 11) is 0. The molecule has 1 rings (SSSR count). The van der Waals surface area contributed by atoms with Gasteiger partial charge in [0.25, 0.3) is 0 Å². The van der Waals surface area contributed by atoms with E-state index in [1.807, 2.05) is 38.3 Å². The van der Waals surface area contributed by atoms with E-state index in [1.54, 1.807) is 11.3 Å². The summed E-state index contributed by atoms with van der Waals surface area (Å²) in [5.74, 6) is 0. The van der Waals surface area contributed by atoms with Gasteiger partial charge in [0.1, 0.15) is 5.60 Å². The fourth-order valence-corrected chi connectivity index (χ4v) is 2.17. The first kappa shape index (κ1) is 14.0. The van der Waals surface area contributed by atoms with E-state index >= 15 is 0 Å². The molecule has 0 unspecified atom stereocenters. The summed E-state index contributed by atoms with van der Waals surface area (Å²) in [4.78, 5) is 12.6. The molecule has 0 aromatic carbocycles. The van der Waals surface area contributed by atoms with Crippen LogP contribution in [0.25, 0.3) is 0 Å².